The van der Waals surface area contributed by atoms with Crippen LogP contribution in [0.3, 0.4) is 0 Å². The summed E-state index contributed by atoms with van der Waals surface area (Å²) in [6.45, 7) is 16.1. The van der Waals surface area contributed by atoms with Crippen molar-refractivity contribution in [3.63, 3.8) is 0 Å². The molecule has 3 saturated carbocycles. The van der Waals surface area contributed by atoms with Crippen LogP contribution in [0.2, 0.25) is 0 Å². The van der Waals surface area contributed by atoms with Crippen LogP contribution in [0.4, 0.5) is 0 Å². The van der Waals surface area contributed by atoms with Gasteiger partial charge in [-0.3, -0.25) is 0 Å². The van der Waals surface area contributed by atoms with Crippen LogP contribution in [-0.2, 0) is 4.74 Å². The molecule has 1 heteroatoms. The van der Waals surface area contributed by atoms with Crippen molar-refractivity contribution < 1.29 is 4.74 Å². The monoisotopic (exact) mass is 611 g/mol. The maximum Gasteiger partial charge on any atom is 0.0612 e. The number of fused-ring (bicyclic) bond motifs is 5. The topological polar surface area (TPSA) is 9.23 Å². The smallest absolute Gasteiger partial charge is 0.0612 e. The summed E-state index contributed by atoms with van der Waals surface area (Å²) in [6.07, 6.45) is 38.8. The third-order valence-electron chi connectivity index (χ3n) is 14.1. The first-order valence-electron chi connectivity index (χ1n) is 20.6. The molecule has 0 N–H and O–H groups in total. The van der Waals surface area contributed by atoms with Crippen LogP contribution in [0.15, 0.2) is 11.6 Å². The summed E-state index contributed by atoms with van der Waals surface area (Å²) < 4.78 is 6.55. The molecule has 4 aliphatic rings. The number of hydrogen-bond acceptors (Lipinski definition) is 1. The van der Waals surface area contributed by atoms with E-state index >= 15 is 0 Å². The standard InChI is InChI=1S/C43H78O/c1-7-8-9-10-11-12-13-14-15-16-17-18-19-20-32-44-37-28-30-42(5)36(33-37)24-25-38-40-27-26-39(35(4)23-21-22-34(2)3)43(40,6)31-29-41(38)42/h24,34-35,37-41H,7-23,25-33H2,1-6H3/t35-,37+,38-,39+,40-,41+,42+,43-/m1/s1. The number of allylic oxidation sites excluding steroid dienone is 1. The first kappa shape index (κ1) is 36.5. The van der Waals surface area contributed by atoms with E-state index in [9.17, 15) is 0 Å². The number of unbranched alkanes of at least 4 members (excludes halogenated alkanes) is 13. The molecular weight excluding hydrogens is 532 g/mol. The first-order chi connectivity index (χ1) is 21.3. The molecule has 4 aliphatic carbocycles. The van der Waals surface area contributed by atoms with Gasteiger partial charge in [0.25, 0.3) is 0 Å². The van der Waals surface area contributed by atoms with Crippen molar-refractivity contribution in [3.8, 4) is 0 Å². The number of rotatable bonds is 21. The van der Waals surface area contributed by atoms with Gasteiger partial charge >= 0.3 is 0 Å². The van der Waals surface area contributed by atoms with E-state index in [1.165, 1.54) is 161 Å². The van der Waals surface area contributed by atoms with Gasteiger partial charge in [0, 0.05) is 6.61 Å². The molecule has 0 radical (unpaired) electrons. The Morgan fingerprint density at radius 2 is 1.34 bits per heavy atom. The van der Waals surface area contributed by atoms with Crippen molar-refractivity contribution in [3.05, 3.63) is 11.6 Å². The second kappa shape index (κ2) is 18.3. The molecule has 0 unspecified atom stereocenters. The normalized spacial score (nSPS) is 34.0. The van der Waals surface area contributed by atoms with E-state index in [1.807, 2.05) is 0 Å². The van der Waals surface area contributed by atoms with Crippen LogP contribution in [-0.4, -0.2) is 12.7 Å². The van der Waals surface area contributed by atoms with Crippen LogP contribution >= 0.6 is 0 Å². The second-order valence-corrected chi connectivity index (χ2v) is 17.6. The van der Waals surface area contributed by atoms with Crippen LogP contribution in [0, 0.1) is 46.3 Å². The van der Waals surface area contributed by atoms with Gasteiger partial charge in [0.05, 0.1) is 6.10 Å². The molecule has 44 heavy (non-hydrogen) atoms. The molecule has 256 valence electrons. The lowest BCUT2D eigenvalue weighted by molar-refractivity contribution is -0.0641. The van der Waals surface area contributed by atoms with E-state index < -0.39 is 0 Å². The molecule has 0 aromatic carbocycles. The Morgan fingerprint density at radius 1 is 0.705 bits per heavy atom. The highest BCUT2D eigenvalue weighted by atomic mass is 16.5. The Balaban J connectivity index is 1.11. The van der Waals surface area contributed by atoms with Gasteiger partial charge in [-0.25, -0.2) is 0 Å². The summed E-state index contributed by atoms with van der Waals surface area (Å²) >= 11 is 0. The fourth-order valence-electron chi connectivity index (χ4n) is 11.3. The van der Waals surface area contributed by atoms with Gasteiger partial charge in [0.15, 0.2) is 0 Å². The number of hydrogen-bond donors (Lipinski definition) is 0. The zero-order chi connectivity index (χ0) is 31.4. The van der Waals surface area contributed by atoms with E-state index in [-0.39, 0.29) is 0 Å². The molecule has 0 aliphatic heterocycles. The summed E-state index contributed by atoms with van der Waals surface area (Å²) in [6, 6.07) is 0. The molecule has 0 aromatic heterocycles. The molecular formula is C43H78O. The average molecular weight is 611 g/mol. The van der Waals surface area contributed by atoms with E-state index in [4.69, 9.17) is 4.74 Å². The van der Waals surface area contributed by atoms with Gasteiger partial charge in [-0.2, -0.15) is 0 Å². The maximum absolute atomic E-state index is 6.55. The van der Waals surface area contributed by atoms with Crippen molar-refractivity contribution in [1.29, 1.82) is 0 Å². The Hall–Kier alpha value is -0.300. The van der Waals surface area contributed by atoms with Gasteiger partial charge < -0.3 is 4.74 Å². The lowest BCUT2D eigenvalue weighted by Gasteiger charge is -2.58. The summed E-state index contributed by atoms with van der Waals surface area (Å²) in [4.78, 5) is 0. The van der Waals surface area contributed by atoms with Gasteiger partial charge in [-0.15, -0.1) is 0 Å². The van der Waals surface area contributed by atoms with Crippen molar-refractivity contribution in [1.82, 2.24) is 0 Å². The third kappa shape index (κ3) is 9.63. The molecule has 0 aromatic rings. The van der Waals surface area contributed by atoms with E-state index in [0.29, 0.717) is 16.9 Å². The van der Waals surface area contributed by atoms with E-state index in [0.717, 1.165) is 42.1 Å². The van der Waals surface area contributed by atoms with Crippen molar-refractivity contribution in [2.24, 2.45) is 46.3 Å². The zero-order valence-electron chi connectivity index (χ0n) is 30.9. The quantitative estimate of drug-likeness (QED) is 0.0928. The Morgan fingerprint density at radius 3 is 1.98 bits per heavy atom. The largest absolute Gasteiger partial charge is 0.378 e. The van der Waals surface area contributed by atoms with Gasteiger partial charge in [0.1, 0.15) is 0 Å². The van der Waals surface area contributed by atoms with Crippen molar-refractivity contribution >= 4 is 0 Å². The predicted molar refractivity (Wildman–Crippen MR) is 193 cm³/mol. The number of ether oxygens (including phenoxy) is 1. The van der Waals surface area contributed by atoms with Crippen molar-refractivity contribution in [2.75, 3.05) is 6.61 Å². The van der Waals surface area contributed by atoms with E-state index in [2.05, 4.69) is 47.6 Å². The minimum Gasteiger partial charge on any atom is -0.378 e. The highest BCUT2D eigenvalue weighted by Crippen LogP contribution is 2.67. The fourth-order valence-corrected chi connectivity index (χ4v) is 11.3. The Kier molecular flexibility index (Phi) is 15.2. The predicted octanol–water partition coefficient (Wildman–Crippen LogP) is 13.9. The molecule has 1 nitrogen and oxygen atoms in total. The molecule has 0 spiro atoms. The molecule has 8 atom stereocenters. The Labute approximate surface area is 276 Å². The van der Waals surface area contributed by atoms with Gasteiger partial charge in [-0.1, -0.05) is 156 Å². The lowest BCUT2D eigenvalue weighted by atomic mass is 9.47. The maximum atomic E-state index is 6.55. The molecule has 0 bridgehead atoms. The third-order valence-corrected chi connectivity index (χ3v) is 14.1. The molecule has 3 fully saturated rings. The van der Waals surface area contributed by atoms with E-state index in [1.54, 1.807) is 5.57 Å². The summed E-state index contributed by atoms with van der Waals surface area (Å²) in [5.74, 6) is 5.60. The van der Waals surface area contributed by atoms with Crippen LogP contribution in [0.5, 0.6) is 0 Å². The summed E-state index contributed by atoms with van der Waals surface area (Å²) in [7, 11) is 0. The minimum absolute atomic E-state index is 0.458. The van der Waals surface area contributed by atoms with Gasteiger partial charge in [0.2, 0.25) is 0 Å². The first-order valence-corrected chi connectivity index (χ1v) is 20.6. The van der Waals surface area contributed by atoms with Crippen LogP contribution in [0.1, 0.15) is 202 Å². The van der Waals surface area contributed by atoms with Crippen molar-refractivity contribution in [2.45, 2.75) is 208 Å². The molecule has 4 rings (SSSR count). The van der Waals surface area contributed by atoms with Crippen LogP contribution < -0.4 is 0 Å². The molecule has 0 heterocycles. The zero-order valence-corrected chi connectivity index (χ0v) is 30.9. The van der Waals surface area contributed by atoms with Gasteiger partial charge in [-0.05, 0) is 104 Å². The lowest BCUT2D eigenvalue weighted by Crippen LogP contribution is -2.51. The fraction of sp³-hybridized carbons (Fsp3) is 0.953. The summed E-state index contributed by atoms with van der Waals surface area (Å²) in [5.41, 5.74) is 2.87. The highest BCUT2D eigenvalue weighted by Gasteiger charge is 2.59. The minimum atomic E-state index is 0.458. The molecule has 0 saturated heterocycles. The van der Waals surface area contributed by atoms with Crippen LogP contribution in [0.25, 0.3) is 0 Å². The average Bonchev–Trinajstić information content (AvgIpc) is 3.36. The summed E-state index contributed by atoms with van der Waals surface area (Å²) in [5, 5.41) is 0. The SMILES string of the molecule is CCCCCCCCCCCCCCCCO[C@H]1CC[C@@]2(C)C(=CC[C@@H]3[C@H]4CC[C@@H]([C@H](C)CCCC(C)C)[C@@]4(C)CC[C@@H]32)C1. The highest BCUT2D eigenvalue weighted by molar-refractivity contribution is 5.25. The Bertz CT molecular complexity index is 827. The molecule has 0 amide bonds. The second-order valence-electron chi connectivity index (χ2n) is 17.6.